The number of hydrogen-bond donors (Lipinski definition) is 3. The summed E-state index contributed by atoms with van der Waals surface area (Å²) in [5.41, 5.74) is 0.248. The fourth-order valence-corrected chi connectivity index (χ4v) is 4.97. The molecular formula is C24H27ClFN3O4. The van der Waals surface area contributed by atoms with E-state index in [1.165, 1.54) is 12.1 Å². The molecule has 2 fully saturated rings. The molecule has 1 aromatic carbocycles. The molecule has 0 bridgehead atoms. The third kappa shape index (κ3) is 6.23. The third-order valence-corrected chi connectivity index (χ3v) is 6.66. The summed E-state index contributed by atoms with van der Waals surface area (Å²) >= 11 is 6.31. The Morgan fingerprint density at radius 1 is 1.24 bits per heavy atom. The number of alkyl halides is 1. The van der Waals surface area contributed by atoms with E-state index in [4.69, 9.17) is 16.9 Å². The Morgan fingerprint density at radius 3 is 2.76 bits per heavy atom. The molecule has 1 aromatic rings. The standard InChI is InChI=1S/C24H27ClFN3O4/c25-18-6-1-5-16(13-18)20-7-3-11-29(20)24(33)22(31)21(30)23(32)28-10-2-4-15-8-9-19(26)17(12-15)14-27/h8-9,12,16,18,20-22,30-31H,1,3,5-7,10-11,13H2,(H,28,32)/t16?,18?,20?,21-,22-/m1/s1. The molecule has 2 amide bonds. The van der Waals surface area contributed by atoms with E-state index < -0.39 is 29.8 Å². The third-order valence-electron chi connectivity index (χ3n) is 6.27. The van der Waals surface area contributed by atoms with Gasteiger partial charge >= 0.3 is 0 Å². The smallest absolute Gasteiger partial charge is 0.254 e. The summed E-state index contributed by atoms with van der Waals surface area (Å²) in [5, 5.41) is 31.9. The van der Waals surface area contributed by atoms with Gasteiger partial charge < -0.3 is 20.4 Å². The molecule has 1 heterocycles. The summed E-state index contributed by atoms with van der Waals surface area (Å²) in [4.78, 5) is 26.6. The largest absolute Gasteiger partial charge is 0.380 e. The average Bonchev–Trinajstić information content (AvgIpc) is 3.31. The summed E-state index contributed by atoms with van der Waals surface area (Å²) in [5.74, 6) is 3.33. The van der Waals surface area contributed by atoms with Crippen LogP contribution in [0.4, 0.5) is 4.39 Å². The van der Waals surface area contributed by atoms with Gasteiger partial charge in [0.15, 0.2) is 12.2 Å². The molecule has 1 aliphatic carbocycles. The average molecular weight is 476 g/mol. The topological polar surface area (TPSA) is 114 Å². The first-order valence-corrected chi connectivity index (χ1v) is 11.5. The van der Waals surface area contributed by atoms with Gasteiger partial charge in [0.1, 0.15) is 11.9 Å². The van der Waals surface area contributed by atoms with Gasteiger partial charge in [0.25, 0.3) is 11.8 Å². The minimum absolute atomic E-state index is 0.0381. The van der Waals surface area contributed by atoms with Crippen LogP contribution in [0.15, 0.2) is 18.2 Å². The second-order valence-corrected chi connectivity index (χ2v) is 9.10. The number of nitriles is 1. The number of hydrogen-bond acceptors (Lipinski definition) is 5. The van der Waals surface area contributed by atoms with Gasteiger partial charge in [0.05, 0.1) is 12.1 Å². The van der Waals surface area contributed by atoms with Crippen LogP contribution in [0, 0.1) is 34.9 Å². The van der Waals surface area contributed by atoms with Crippen LogP contribution in [0.2, 0.25) is 0 Å². The number of halogens is 2. The number of carbonyl (C=O) groups is 2. The Labute approximate surface area is 197 Å². The Bertz CT molecular complexity index is 986. The van der Waals surface area contributed by atoms with Crippen molar-refractivity contribution in [3.63, 3.8) is 0 Å². The maximum absolute atomic E-state index is 13.3. The number of carbonyl (C=O) groups excluding carboxylic acids is 2. The molecular weight excluding hydrogens is 449 g/mol. The zero-order valence-corrected chi connectivity index (χ0v) is 18.9. The molecule has 5 atom stereocenters. The number of aliphatic hydroxyl groups excluding tert-OH is 2. The predicted molar refractivity (Wildman–Crippen MR) is 119 cm³/mol. The summed E-state index contributed by atoms with van der Waals surface area (Å²) in [6.07, 6.45) is 1.58. The lowest BCUT2D eigenvalue weighted by molar-refractivity contribution is -0.154. The van der Waals surface area contributed by atoms with Gasteiger partial charge in [0.2, 0.25) is 0 Å². The number of benzene rings is 1. The van der Waals surface area contributed by atoms with E-state index >= 15 is 0 Å². The normalized spacial score (nSPS) is 24.2. The monoisotopic (exact) mass is 475 g/mol. The van der Waals surface area contributed by atoms with Crippen LogP contribution >= 0.6 is 11.6 Å². The first kappa shape index (κ1) is 25.0. The van der Waals surface area contributed by atoms with Gasteiger partial charge in [-0.2, -0.15) is 5.26 Å². The molecule has 33 heavy (non-hydrogen) atoms. The Hall–Kier alpha value is -2.65. The fourth-order valence-electron chi connectivity index (χ4n) is 4.59. The minimum Gasteiger partial charge on any atom is -0.380 e. The molecule has 0 aromatic heterocycles. The highest BCUT2D eigenvalue weighted by Crippen LogP contribution is 2.36. The maximum atomic E-state index is 13.3. The van der Waals surface area contributed by atoms with E-state index in [9.17, 15) is 24.2 Å². The quantitative estimate of drug-likeness (QED) is 0.443. The Balaban J connectivity index is 1.53. The van der Waals surface area contributed by atoms with Crippen molar-refractivity contribution in [2.75, 3.05) is 13.1 Å². The highest BCUT2D eigenvalue weighted by atomic mass is 35.5. The highest BCUT2D eigenvalue weighted by molar-refractivity contribution is 6.20. The van der Waals surface area contributed by atoms with Crippen LogP contribution in [-0.4, -0.2) is 63.6 Å². The lowest BCUT2D eigenvalue weighted by Gasteiger charge is -2.36. The van der Waals surface area contributed by atoms with Crippen molar-refractivity contribution in [2.45, 2.75) is 62.2 Å². The Morgan fingerprint density at radius 2 is 2.03 bits per heavy atom. The Kier molecular flexibility index (Phi) is 8.68. The van der Waals surface area contributed by atoms with Crippen LogP contribution in [-0.2, 0) is 9.59 Å². The predicted octanol–water partition coefficient (Wildman–Crippen LogP) is 1.68. The molecule has 7 nitrogen and oxygen atoms in total. The van der Waals surface area contributed by atoms with Crippen molar-refractivity contribution in [2.24, 2.45) is 5.92 Å². The van der Waals surface area contributed by atoms with E-state index in [-0.39, 0.29) is 29.4 Å². The molecule has 9 heteroatoms. The summed E-state index contributed by atoms with van der Waals surface area (Å²) in [7, 11) is 0. The molecule has 3 N–H and O–H groups in total. The number of nitrogens with zero attached hydrogens (tertiary/aromatic N) is 2. The molecule has 176 valence electrons. The first-order chi connectivity index (χ1) is 15.8. The van der Waals surface area contributed by atoms with Gasteiger partial charge in [-0.15, -0.1) is 11.6 Å². The first-order valence-electron chi connectivity index (χ1n) is 11.1. The second-order valence-electron chi connectivity index (χ2n) is 8.48. The van der Waals surface area contributed by atoms with Gasteiger partial charge in [-0.3, -0.25) is 9.59 Å². The van der Waals surface area contributed by atoms with E-state index in [1.807, 2.05) is 0 Å². The van der Waals surface area contributed by atoms with Crippen molar-refractivity contribution in [3.05, 3.63) is 35.1 Å². The summed E-state index contributed by atoms with van der Waals surface area (Å²) in [6, 6.07) is 5.48. The molecule has 0 radical (unpaired) electrons. The molecule has 0 spiro atoms. The van der Waals surface area contributed by atoms with E-state index in [1.54, 1.807) is 11.0 Å². The van der Waals surface area contributed by atoms with Crippen LogP contribution in [0.1, 0.15) is 49.7 Å². The number of amides is 2. The van der Waals surface area contributed by atoms with Crippen LogP contribution in [0.3, 0.4) is 0 Å². The van der Waals surface area contributed by atoms with Gasteiger partial charge in [-0.25, -0.2) is 4.39 Å². The van der Waals surface area contributed by atoms with E-state index in [0.29, 0.717) is 12.1 Å². The molecule has 1 saturated heterocycles. The molecule has 3 rings (SSSR count). The number of likely N-dealkylation sites (tertiary alicyclic amines) is 1. The van der Waals surface area contributed by atoms with Crippen molar-refractivity contribution >= 4 is 23.4 Å². The van der Waals surface area contributed by atoms with Crippen molar-refractivity contribution < 1.29 is 24.2 Å². The molecule has 2 aliphatic rings. The fraction of sp³-hybridized carbons (Fsp3) is 0.542. The zero-order chi connectivity index (χ0) is 24.0. The van der Waals surface area contributed by atoms with Gasteiger partial charge in [0, 0.05) is 23.5 Å². The summed E-state index contributed by atoms with van der Waals surface area (Å²) in [6.45, 7) is 0.313. The van der Waals surface area contributed by atoms with E-state index in [2.05, 4.69) is 17.2 Å². The van der Waals surface area contributed by atoms with Crippen LogP contribution in [0.25, 0.3) is 0 Å². The van der Waals surface area contributed by atoms with Crippen molar-refractivity contribution in [1.29, 1.82) is 5.26 Å². The maximum Gasteiger partial charge on any atom is 0.254 e. The second kappa shape index (κ2) is 11.5. The number of aliphatic hydroxyl groups is 2. The molecule has 3 unspecified atom stereocenters. The van der Waals surface area contributed by atoms with Crippen molar-refractivity contribution in [3.8, 4) is 17.9 Å². The summed E-state index contributed by atoms with van der Waals surface area (Å²) < 4.78 is 13.3. The van der Waals surface area contributed by atoms with Crippen molar-refractivity contribution in [1.82, 2.24) is 10.2 Å². The number of nitrogens with one attached hydrogen (secondary N) is 1. The zero-order valence-electron chi connectivity index (χ0n) is 18.1. The molecule has 1 saturated carbocycles. The number of rotatable bonds is 5. The molecule has 1 aliphatic heterocycles. The van der Waals surface area contributed by atoms with Gasteiger partial charge in [-0.1, -0.05) is 18.3 Å². The highest BCUT2D eigenvalue weighted by Gasteiger charge is 2.41. The van der Waals surface area contributed by atoms with Crippen LogP contribution < -0.4 is 5.32 Å². The lowest BCUT2D eigenvalue weighted by Crippen LogP contribution is -2.53. The van der Waals surface area contributed by atoms with E-state index in [0.717, 1.165) is 44.6 Å². The SMILES string of the molecule is N#Cc1cc(C#CCNC(=O)[C@H](O)[C@@H](O)C(=O)N2CCCC2C2CCCC(Cl)C2)ccc1F. The lowest BCUT2D eigenvalue weighted by atomic mass is 9.82. The minimum atomic E-state index is -1.93. The van der Waals surface area contributed by atoms with Crippen LogP contribution in [0.5, 0.6) is 0 Å². The van der Waals surface area contributed by atoms with Gasteiger partial charge in [-0.05, 0) is 56.2 Å².